The lowest BCUT2D eigenvalue weighted by molar-refractivity contribution is -0.301. The molecule has 14 heavy (non-hydrogen) atoms. The maximum absolute atomic E-state index is 9.51. The van der Waals surface area contributed by atoms with Crippen molar-refractivity contribution >= 4 is 0 Å². The summed E-state index contributed by atoms with van der Waals surface area (Å²) in [5, 5.41) is 28.3. The van der Waals surface area contributed by atoms with Crippen LogP contribution >= 0.6 is 0 Å². The van der Waals surface area contributed by atoms with E-state index in [0.717, 1.165) is 0 Å². The Morgan fingerprint density at radius 2 is 1.64 bits per heavy atom. The summed E-state index contributed by atoms with van der Waals surface area (Å²) in [7, 11) is 0. The molecule has 0 aromatic rings. The smallest absolute Gasteiger partial charge is 0.186 e. The monoisotopic (exact) mass is 206 g/mol. The molecule has 84 valence electrons. The van der Waals surface area contributed by atoms with Crippen LogP contribution in [0.3, 0.4) is 0 Å². The van der Waals surface area contributed by atoms with Crippen molar-refractivity contribution in [3.63, 3.8) is 0 Å². The van der Waals surface area contributed by atoms with E-state index in [1.54, 1.807) is 20.8 Å². The van der Waals surface area contributed by atoms with Gasteiger partial charge in [-0.1, -0.05) is 0 Å². The van der Waals surface area contributed by atoms with Crippen molar-refractivity contribution in [1.82, 2.24) is 0 Å². The molecule has 1 aliphatic heterocycles. The molecule has 0 amide bonds. The topological polar surface area (TPSA) is 79.2 Å². The molecule has 1 heterocycles. The number of hydrogen-bond donors (Lipinski definition) is 3. The minimum atomic E-state index is -1.22. The zero-order valence-electron chi connectivity index (χ0n) is 8.62. The van der Waals surface area contributed by atoms with Crippen LogP contribution in [0.2, 0.25) is 0 Å². The van der Waals surface area contributed by atoms with E-state index in [2.05, 4.69) is 0 Å². The molecule has 0 radical (unpaired) electrons. The third-order valence-electron chi connectivity index (χ3n) is 2.21. The molecule has 5 atom stereocenters. The molecule has 0 aromatic heterocycles. The molecule has 5 nitrogen and oxygen atoms in total. The third kappa shape index (κ3) is 2.43. The van der Waals surface area contributed by atoms with Crippen molar-refractivity contribution in [2.24, 2.45) is 0 Å². The van der Waals surface area contributed by atoms with Gasteiger partial charge in [0.2, 0.25) is 0 Å². The predicted molar refractivity (Wildman–Crippen MR) is 48.6 cm³/mol. The van der Waals surface area contributed by atoms with Crippen molar-refractivity contribution in [2.45, 2.75) is 57.6 Å². The van der Waals surface area contributed by atoms with Crippen LogP contribution in [-0.2, 0) is 9.47 Å². The predicted octanol–water partition coefficient (Wildman–Crippen LogP) is -0.761. The molecule has 1 saturated heterocycles. The summed E-state index contributed by atoms with van der Waals surface area (Å²) >= 11 is 0. The fourth-order valence-corrected chi connectivity index (χ4v) is 1.39. The highest BCUT2D eigenvalue weighted by molar-refractivity contribution is 4.87. The second-order valence-electron chi connectivity index (χ2n) is 3.87. The van der Waals surface area contributed by atoms with E-state index in [-0.39, 0.29) is 6.10 Å². The molecule has 1 aliphatic rings. The molecular weight excluding hydrogens is 188 g/mol. The van der Waals surface area contributed by atoms with Gasteiger partial charge in [-0.15, -0.1) is 0 Å². The van der Waals surface area contributed by atoms with Gasteiger partial charge in [-0.3, -0.25) is 0 Å². The average molecular weight is 206 g/mol. The highest BCUT2D eigenvalue weighted by atomic mass is 16.7. The van der Waals surface area contributed by atoms with Gasteiger partial charge in [0.1, 0.15) is 18.3 Å². The summed E-state index contributed by atoms with van der Waals surface area (Å²) in [6.07, 6.45) is -5.02. The lowest BCUT2D eigenvalue weighted by Crippen LogP contribution is -2.57. The summed E-state index contributed by atoms with van der Waals surface area (Å²) in [4.78, 5) is 0. The zero-order chi connectivity index (χ0) is 10.9. The van der Waals surface area contributed by atoms with Gasteiger partial charge in [0.25, 0.3) is 0 Å². The quantitative estimate of drug-likeness (QED) is 0.553. The largest absolute Gasteiger partial charge is 0.388 e. The Kier molecular flexibility index (Phi) is 3.86. The van der Waals surface area contributed by atoms with Gasteiger partial charge in [-0.2, -0.15) is 0 Å². The normalized spacial score (nSPS) is 44.4. The minimum Gasteiger partial charge on any atom is -0.388 e. The molecule has 0 spiro atoms. The van der Waals surface area contributed by atoms with Gasteiger partial charge in [0, 0.05) is 0 Å². The van der Waals surface area contributed by atoms with E-state index in [0.29, 0.717) is 0 Å². The molecule has 5 heteroatoms. The Morgan fingerprint density at radius 3 is 2.14 bits per heavy atom. The first-order chi connectivity index (χ1) is 6.43. The summed E-state index contributed by atoms with van der Waals surface area (Å²) in [6, 6.07) is 0. The van der Waals surface area contributed by atoms with Crippen molar-refractivity contribution in [3.8, 4) is 0 Å². The highest BCUT2D eigenvalue weighted by Gasteiger charge is 2.42. The minimum absolute atomic E-state index is 0.107. The molecular formula is C9H18O5. The van der Waals surface area contributed by atoms with Crippen LogP contribution in [0.15, 0.2) is 0 Å². The van der Waals surface area contributed by atoms with Gasteiger partial charge in [0.05, 0.1) is 12.2 Å². The van der Waals surface area contributed by atoms with E-state index < -0.39 is 30.7 Å². The molecule has 1 fully saturated rings. The Labute approximate surface area is 83.3 Å². The molecule has 0 saturated carbocycles. The number of hydrogen-bond acceptors (Lipinski definition) is 5. The molecule has 0 aliphatic carbocycles. The molecule has 1 unspecified atom stereocenters. The lowest BCUT2D eigenvalue weighted by atomic mass is 10.00. The van der Waals surface area contributed by atoms with Crippen molar-refractivity contribution < 1.29 is 24.8 Å². The van der Waals surface area contributed by atoms with Gasteiger partial charge in [-0.25, -0.2) is 0 Å². The molecule has 0 bridgehead atoms. The maximum Gasteiger partial charge on any atom is 0.186 e. The summed E-state index contributed by atoms with van der Waals surface area (Å²) in [5.41, 5.74) is 0. The number of ether oxygens (including phenoxy) is 2. The van der Waals surface area contributed by atoms with Crippen LogP contribution in [0.4, 0.5) is 0 Å². The van der Waals surface area contributed by atoms with Gasteiger partial charge < -0.3 is 24.8 Å². The average Bonchev–Trinajstić information content (AvgIpc) is 2.10. The van der Waals surface area contributed by atoms with E-state index >= 15 is 0 Å². The van der Waals surface area contributed by atoms with Crippen LogP contribution in [0.25, 0.3) is 0 Å². The summed E-state index contributed by atoms with van der Waals surface area (Å²) in [6.45, 7) is 5.23. The maximum atomic E-state index is 9.51. The van der Waals surface area contributed by atoms with Crippen LogP contribution in [-0.4, -0.2) is 52.1 Å². The number of aliphatic hydroxyl groups excluding tert-OH is 3. The second-order valence-corrected chi connectivity index (χ2v) is 3.87. The van der Waals surface area contributed by atoms with Gasteiger partial charge in [-0.05, 0) is 20.8 Å². The third-order valence-corrected chi connectivity index (χ3v) is 2.21. The first-order valence-corrected chi connectivity index (χ1v) is 4.78. The summed E-state index contributed by atoms with van der Waals surface area (Å²) in [5.74, 6) is 0. The van der Waals surface area contributed by atoms with Crippen molar-refractivity contribution in [2.75, 3.05) is 0 Å². The van der Waals surface area contributed by atoms with Crippen molar-refractivity contribution in [1.29, 1.82) is 0 Å². The Hall–Kier alpha value is -0.200. The first kappa shape index (κ1) is 11.9. The van der Waals surface area contributed by atoms with E-state index in [9.17, 15) is 15.3 Å². The molecule has 0 aromatic carbocycles. The van der Waals surface area contributed by atoms with Crippen LogP contribution in [0.1, 0.15) is 20.8 Å². The van der Waals surface area contributed by atoms with Gasteiger partial charge in [0.15, 0.2) is 6.29 Å². The van der Waals surface area contributed by atoms with Gasteiger partial charge >= 0.3 is 0 Å². The SMILES string of the molecule is CC(C)OC1O[C@@H](C)[C@H](O)[C@@H](O)[C@H]1O. The van der Waals surface area contributed by atoms with Crippen LogP contribution in [0, 0.1) is 0 Å². The van der Waals surface area contributed by atoms with E-state index in [1.807, 2.05) is 0 Å². The molecule has 3 N–H and O–H groups in total. The highest BCUT2D eigenvalue weighted by Crippen LogP contribution is 2.22. The van der Waals surface area contributed by atoms with Crippen molar-refractivity contribution in [3.05, 3.63) is 0 Å². The standard InChI is InChI=1S/C9H18O5/c1-4(2)13-9-8(12)7(11)6(10)5(3)14-9/h4-12H,1-3H3/t5-,6-,7+,8+,9?/m0/s1. The lowest BCUT2D eigenvalue weighted by Gasteiger charge is -2.39. The number of rotatable bonds is 2. The van der Waals surface area contributed by atoms with E-state index in [1.165, 1.54) is 0 Å². The fraction of sp³-hybridized carbons (Fsp3) is 1.00. The Morgan fingerprint density at radius 1 is 1.07 bits per heavy atom. The Balaban J connectivity index is 2.60. The first-order valence-electron chi connectivity index (χ1n) is 4.78. The second kappa shape index (κ2) is 4.55. The summed E-state index contributed by atoms with van der Waals surface area (Å²) < 4.78 is 10.5. The molecule has 1 rings (SSSR count). The zero-order valence-corrected chi connectivity index (χ0v) is 8.62. The fourth-order valence-electron chi connectivity index (χ4n) is 1.39. The van der Waals surface area contributed by atoms with E-state index in [4.69, 9.17) is 9.47 Å². The van der Waals surface area contributed by atoms with Crippen LogP contribution in [0.5, 0.6) is 0 Å². The Bertz CT molecular complexity index is 184. The van der Waals surface area contributed by atoms with Crippen LogP contribution < -0.4 is 0 Å². The number of aliphatic hydroxyl groups is 3.